The Morgan fingerprint density at radius 3 is 2.34 bits per heavy atom. The van der Waals surface area contributed by atoms with E-state index in [1.807, 2.05) is 36.4 Å². The number of ether oxygens (including phenoxy) is 1. The molecule has 0 radical (unpaired) electrons. The average Bonchev–Trinajstić information content (AvgIpc) is 3.02. The molecular weight excluding hydrogens is 626 g/mol. The van der Waals surface area contributed by atoms with E-state index in [0.717, 1.165) is 44.9 Å². The van der Waals surface area contributed by atoms with Crippen molar-refractivity contribution < 1.29 is 40.7 Å². The molecule has 1 atom stereocenters. The summed E-state index contributed by atoms with van der Waals surface area (Å²) in [5, 5.41) is 5.66. The van der Waals surface area contributed by atoms with Crippen molar-refractivity contribution in [3.63, 3.8) is 0 Å². The number of fused-ring (bicyclic) bond motifs is 2. The van der Waals surface area contributed by atoms with E-state index in [4.69, 9.17) is 10.5 Å². The Labute approximate surface area is 267 Å². The lowest BCUT2D eigenvalue weighted by Gasteiger charge is -2.42. The highest BCUT2D eigenvalue weighted by Gasteiger charge is 2.61. The van der Waals surface area contributed by atoms with Crippen LogP contribution >= 0.6 is 0 Å². The van der Waals surface area contributed by atoms with Crippen LogP contribution in [-0.2, 0) is 27.2 Å². The Bertz CT molecular complexity index is 1770. The quantitative estimate of drug-likeness (QED) is 0.170. The third kappa shape index (κ3) is 7.20. The van der Waals surface area contributed by atoms with Gasteiger partial charge in [-0.05, 0) is 83.4 Å². The summed E-state index contributed by atoms with van der Waals surface area (Å²) in [6.45, 7) is -2.09. The van der Waals surface area contributed by atoms with E-state index in [-0.39, 0.29) is 6.42 Å². The number of pyridine rings is 1. The molecule has 2 heterocycles. The SMILES string of the molecule is COC(=O)[C@H](Cc1cccc2c(-c3cc(CCN)cc4ccncc34)cccc12)NC(=O)C1(C(F)(F)F)CCN(CC(F)(F)F)CC1. The van der Waals surface area contributed by atoms with Crippen LogP contribution in [0.5, 0.6) is 0 Å². The number of hydrogen-bond donors (Lipinski definition) is 2. The average molecular weight is 661 g/mol. The number of piperidine rings is 1. The standard InChI is InChI=1S/C34H34F6N4O3/c1-47-30(45)29(43-31(46)32(34(38,39)40)10-14-44(15-11-32)20-33(35,36)37)18-22-4-2-6-25-24(22)5-3-7-26(25)27-17-21(8-12-41)16-23-9-13-42-19-28(23)27/h2-7,9,13,16-17,19,29H,8,10-12,14-15,18,20,41H2,1H3,(H,43,46)/t29-/m0/s1. The second kappa shape index (κ2) is 13.5. The number of hydrogen-bond acceptors (Lipinski definition) is 6. The minimum atomic E-state index is -5.06. The molecule has 0 spiro atoms. The molecule has 0 unspecified atom stereocenters. The van der Waals surface area contributed by atoms with Crippen molar-refractivity contribution >= 4 is 33.4 Å². The summed E-state index contributed by atoms with van der Waals surface area (Å²) >= 11 is 0. The van der Waals surface area contributed by atoms with Gasteiger partial charge < -0.3 is 15.8 Å². The number of likely N-dealkylation sites (tertiary alicyclic amines) is 1. The number of halogens is 6. The van der Waals surface area contributed by atoms with E-state index in [9.17, 15) is 35.9 Å². The highest BCUT2D eigenvalue weighted by molar-refractivity contribution is 6.06. The zero-order chi connectivity index (χ0) is 34.0. The van der Waals surface area contributed by atoms with Crippen molar-refractivity contribution in [3.05, 3.63) is 78.1 Å². The smallest absolute Gasteiger partial charge is 0.403 e. The van der Waals surface area contributed by atoms with Gasteiger partial charge in [0, 0.05) is 24.2 Å². The molecule has 1 aliphatic heterocycles. The zero-order valence-electron chi connectivity index (χ0n) is 25.5. The number of nitrogens with one attached hydrogen (secondary N) is 1. The summed E-state index contributed by atoms with van der Waals surface area (Å²) < 4.78 is 86.8. The van der Waals surface area contributed by atoms with Gasteiger partial charge in [0.15, 0.2) is 0 Å². The van der Waals surface area contributed by atoms with Gasteiger partial charge in [-0.1, -0.05) is 48.5 Å². The number of carbonyl (C=O) groups excluding carboxylic acids is 2. The van der Waals surface area contributed by atoms with Crippen molar-refractivity contribution in [3.8, 4) is 11.1 Å². The fraction of sp³-hybridized carbons (Fsp3) is 0.382. The number of rotatable bonds is 9. The third-order valence-electron chi connectivity index (χ3n) is 8.86. The van der Waals surface area contributed by atoms with Gasteiger partial charge in [-0.25, -0.2) is 4.79 Å². The number of alkyl halides is 6. The molecule has 7 nitrogen and oxygen atoms in total. The first-order chi connectivity index (χ1) is 22.3. The van der Waals surface area contributed by atoms with Crippen LogP contribution < -0.4 is 11.1 Å². The maximum atomic E-state index is 14.4. The van der Waals surface area contributed by atoms with E-state index in [2.05, 4.69) is 16.4 Å². The molecule has 13 heteroatoms. The van der Waals surface area contributed by atoms with Crippen LogP contribution in [-0.4, -0.2) is 73.4 Å². The van der Waals surface area contributed by atoms with Crippen molar-refractivity contribution in [2.45, 2.75) is 44.1 Å². The number of nitrogens with two attached hydrogens (primary N) is 1. The number of methoxy groups -OCH3 is 1. The van der Waals surface area contributed by atoms with Crippen LogP contribution in [0.2, 0.25) is 0 Å². The van der Waals surface area contributed by atoms with Gasteiger partial charge in [0.25, 0.3) is 0 Å². The molecule has 5 rings (SSSR count). The van der Waals surface area contributed by atoms with Crippen LogP contribution in [0.15, 0.2) is 67.0 Å². The van der Waals surface area contributed by atoms with E-state index < -0.39 is 68.2 Å². The largest absolute Gasteiger partial charge is 0.467 e. The molecule has 1 aliphatic rings. The van der Waals surface area contributed by atoms with Crippen molar-refractivity contribution in [2.24, 2.45) is 11.1 Å². The number of benzene rings is 3. The van der Waals surface area contributed by atoms with Crippen LogP contribution in [0.25, 0.3) is 32.7 Å². The second-order valence-corrected chi connectivity index (χ2v) is 11.8. The Kier molecular flexibility index (Phi) is 9.78. The molecule has 250 valence electrons. The minimum Gasteiger partial charge on any atom is -0.467 e. The lowest BCUT2D eigenvalue weighted by molar-refractivity contribution is -0.236. The van der Waals surface area contributed by atoms with Gasteiger partial charge in [-0.3, -0.25) is 14.7 Å². The molecule has 1 aromatic heterocycles. The maximum Gasteiger partial charge on any atom is 0.403 e. The summed E-state index contributed by atoms with van der Waals surface area (Å²) in [6, 6.07) is 15.5. The van der Waals surface area contributed by atoms with Crippen LogP contribution in [0, 0.1) is 5.41 Å². The molecule has 47 heavy (non-hydrogen) atoms. The van der Waals surface area contributed by atoms with E-state index in [1.165, 1.54) is 0 Å². The van der Waals surface area contributed by atoms with E-state index in [0.29, 0.717) is 23.9 Å². The topological polar surface area (TPSA) is 97.5 Å². The summed E-state index contributed by atoms with van der Waals surface area (Å²) in [5.41, 5.74) is 6.25. The molecule has 3 aromatic carbocycles. The monoisotopic (exact) mass is 660 g/mol. The Balaban J connectivity index is 1.48. The number of esters is 1. The molecule has 0 bridgehead atoms. The second-order valence-electron chi connectivity index (χ2n) is 11.8. The fourth-order valence-electron chi connectivity index (χ4n) is 6.42. The highest BCUT2D eigenvalue weighted by atomic mass is 19.4. The Morgan fingerprint density at radius 1 is 0.979 bits per heavy atom. The van der Waals surface area contributed by atoms with Gasteiger partial charge in [-0.2, -0.15) is 26.3 Å². The molecule has 1 amide bonds. The van der Waals surface area contributed by atoms with E-state index in [1.54, 1.807) is 24.5 Å². The van der Waals surface area contributed by atoms with Gasteiger partial charge in [0.2, 0.25) is 5.91 Å². The molecule has 1 saturated heterocycles. The van der Waals surface area contributed by atoms with Gasteiger partial charge >= 0.3 is 18.3 Å². The normalized spacial score (nSPS) is 16.3. The van der Waals surface area contributed by atoms with Gasteiger partial charge in [0.05, 0.1) is 13.7 Å². The van der Waals surface area contributed by atoms with Crippen molar-refractivity contribution in [1.82, 2.24) is 15.2 Å². The van der Waals surface area contributed by atoms with Gasteiger partial charge in [-0.15, -0.1) is 0 Å². The van der Waals surface area contributed by atoms with Crippen LogP contribution in [0.1, 0.15) is 24.0 Å². The summed E-state index contributed by atoms with van der Waals surface area (Å²) in [4.78, 5) is 31.4. The first kappa shape index (κ1) is 34.1. The van der Waals surface area contributed by atoms with Crippen molar-refractivity contribution in [1.29, 1.82) is 0 Å². The first-order valence-corrected chi connectivity index (χ1v) is 15.1. The number of carbonyl (C=O) groups is 2. The molecular formula is C34H34F6N4O3. The minimum absolute atomic E-state index is 0.192. The lowest BCUT2D eigenvalue weighted by atomic mass is 9.76. The fourth-order valence-corrected chi connectivity index (χ4v) is 6.42. The predicted octanol–water partition coefficient (Wildman–Crippen LogP) is 5.96. The molecule has 0 aliphatic carbocycles. The Hall–Kier alpha value is -4.23. The first-order valence-electron chi connectivity index (χ1n) is 15.1. The zero-order valence-corrected chi connectivity index (χ0v) is 25.5. The number of nitrogens with zero attached hydrogens (tertiary/aromatic N) is 2. The molecule has 1 fully saturated rings. The van der Waals surface area contributed by atoms with Crippen LogP contribution in [0.3, 0.4) is 0 Å². The summed E-state index contributed by atoms with van der Waals surface area (Å²) in [5.74, 6) is -2.42. The van der Waals surface area contributed by atoms with Crippen LogP contribution in [0.4, 0.5) is 26.3 Å². The Morgan fingerprint density at radius 2 is 1.68 bits per heavy atom. The summed E-state index contributed by atoms with van der Waals surface area (Å²) in [7, 11) is 1.06. The third-order valence-corrected chi connectivity index (χ3v) is 8.86. The number of amides is 1. The van der Waals surface area contributed by atoms with Crippen molar-refractivity contribution in [2.75, 3.05) is 33.3 Å². The maximum absolute atomic E-state index is 14.4. The lowest BCUT2D eigenvalue weighted by Crippen LogP contribution is -2.59. The molecule has 3 N–H and O–H groups in total. The van der Waals surface area contributed by atoms with E-state index >= 15 is 0 Å². The van der Waals surface area contributed by atoms with Gasteiger partial charge in [0.1, 0.15) is 11.5 Å². The highest BCUT2D eigenvalue weighted by Crippen LogP contribution is 2.47. The molecule has 0 saturated carbocycles. The molecule has 4 aromatic rings. The predicted molar refractivity (Wildman–Crippen MR) is 165 cm³/mol. The summed E-state index contributed by atoms with van der Waals surface area (Å²) in [6.07, 6.45) is -7.48. The number of aromatic nitrogens is 1.